The minimum atomic E-state index is -1.09. The van der Waals surface area contributed by atoms with Crippen molar-refractivity contribution in [2.75, 3.05) is 6.61 Å². The molecule has 0 fully saturated rings. The first-order valence-electron chi connectivity index (χ1n) is 9.85. The zero-order valence-corrected chi connectivity index (χ0v) is 17.4. The number of carbonyl (C=O) groups is 1. The van der Waals surface area contributed by atoms with Gasteiger partial charge in [0, 0.05) is 0 Å². The number of ether oxygens (including phenoxy) is 1. The molecule has 0 radical (unpaired) electrons. The molecule has 0 aliphatic rings. The second-order valence-corrected chi connectivity index (χ2v) is 7.33. The summed E-state index contributed by atoms with van der Waals surface area (Å²) in [7, 11) is 0. The van der Waals surface area contributed by atoms with Gasteiger partial charge in [0.05, 0.1) is 28.1 Å². The van der Waals surface area contributed by atoms with Crippen LogP contribution in [0.15, 0.2) is 47.3 Å². The largest absolute Gasteiger partial charge is 0.494 e. The molecule has 1 aromatic heterocycles. The van der Waals surface area contributed by atoms with Gasteiger partial charge >= 0.3 is 5.97 Å². The molecule has 30 heavy (non-hydrogen) atoms. The van der Waals surface area contributed by atoms with E-state index in [0.717, 1.165) is 24.2 Å². The predicted molar refractivity (Wildman–Crippen MR) is 119 cm³/mol. The Labute approximate surface area is 179 Å². The molecule has 3 aromatic rings. The molecule has 0 unspecified atom stereocenters. The van der Waals surface area contributed by atoms with Crippen molar-refractivity contribution in [1.29, 1.82) is 0 Å². The number of unbranched alkanes of at least 4 members (excludes halogenated alkanes) is 3. The molecule has 0 saturated heterocycles. The van der Waals surface area contributed by atoms with Crippen LogP contribution in [0.5, 0.6) is 5.75 Å². The number of carboxylic acids is 1. The molecule has 0 aliphatic heterocycles. The second kappa shape index (κ2) is 10.1. The van der Waals surface area contributed by atoms with Crippen LogP contribution in [0.3, 0.4) is 0 Å². The van der Waals surface area contributed by atoms with E-state index in [1.807, 2.05) is 24.3 Å². The van der Waals surface area contributed by atoms with Gasteiger partial charge in [-0.25, -0.2) is 9.78 Å². The van der Waals surface area contributed by atoms with Crippen LogP contribution in [0.1, 0.15) is 54.4 Å². The van der Waals surface area contributed by atoms with Crippen LogP contribution in [-0.2, 0) is 0 Å². The van der Waals surface area contributed by atoms with E-state index >= 15 is 0 Å². The number of fused-ring (bicyclic) bond motifs is 1. The van der Waals surface area contributed by atoms with E-state index in [-0.39, 0.29) is 27.5 Å². The average Bonchev–Trinajstić information content (AvgIpc) is 2.74. The number of nitrogens with one attached hydrogen (secondary N) is 1. The zero-order chi connectivity index (χ0) is 21.5. The Morgan fingerprint density at radius 2 is 1.93 bits per heavy atom. The van der Waals surface area contributed by atoms with Crippen LogP contribution in [0.2, 0.25) is 0 Å². The molecule has 0 atom stereocenters. The molecule has 0 spiro atoms. The van der Waals surface area contributed by atoms with Gasteiger partial charge in [0.25, 0.3) is 5.56 Å². The van der Waals surface area contributed by atoms with Crippen molar-refractivity contribution in [1.82, 2.24) is 9.97 Å². The van der Waals surface area contributed by atoms with E-state index in [0.29, 0.717) is 12.0 Å². The Balaban J connectivity index is 1.76. The highest BCUT2D eigenvalue weighted by Gasteiger charge is 2.10. The molecule has 0 amide bonds. The summed E-state index contributed by atoms with van der Waals surface area (Å²) in [6.07, 6.45) is 6.29. The first kappa shape index (κ1) is 21.6. The minimum absolute atomic E-state index is 0.0527. The maximum Gasteiger partial charge on any atom is 0.335 e. The number of aromatic amines is 1. The first-order valence-corrected chi connectivity index (χ1v) is 10.2. The third-order valence-electron chi connectivity index (χ3n) is 4.62. The highest BCUT2D eigenvalue weighted by Crippen LogP contribution is 2.22. The Bertz CT molecular complexity index is 1120. The van der Waals surface area contributed by atoms with Crippen molar-refractivity contribution in [3.63, 3.8) is 0 Å². The lowest BCUT2D eigenvalue weighted by Crippen LogP contribution is -2.11. The van der Waals surface area contributed by atoms with Crippen LogP contribution in [0.4, 0.5) is 0 Å². The third-order valence-corrected chi connectivity index (χ3v) is 4.91. The molecule has 156 valence electrons. The van der Waals surface area contributed by atoms with Crippen molar-refractivity contribution >= 4 is 39.6 Å². The van der Waals surface area contributed by atoms with Gasteiger partial charge in [-0.2, -0.15) is 0 Å². The van der Waals surface area contributed by atoms with E-state index in [2.05, 4.69) is 16.9 Å². The van der Waals surface area contributed by atoms with Gasteiger partial charge in [-0.15, -0.1) is 0 Å². The lowest BCUT2D eigenvalue weighted by Gasteiger charge is -2.06. The van der Waals surface area contributed by atoms with E-state index in [1.165, 1.54) is 31.0 Å². The molecule has 6 nitrogen and oxygen atoms in total. The summed E-state index contributed by atoms with van der Waals surface area (Å²) < 4.78 is 5.73. The lowest BCUT2D eigenvalue weighted by molar-refractivity contribution is 0.0697. The van der Waals surface area contributed by atoms with Crippen LogP contribution in [0.25, 0.3) is 22.0 Å². The van der Waals surface area contributed by atoms with Crippen LogP contribution in [-0.4, -0.2) is 27.7 Å². The molecule has 0 aliphatic carbocycles. The molecule has 7 heteroatoms. The van der Waals surface area contributed by atoms with Crippen molar-refractivity contribution in [2.24, 2.45) is 0 Å². The standard InChI is InChI=1S/C23H23ClN2O4/c1-2-3-4-5-12-30-17-9-6-15(7-10-17)13-19(24)21-25-20-14-16(23(28)29)8-11-18(20)22(27)26-21/h6-11,13-14H,2-5,12H2,1H3,(H,28,29)(H,25,26,27)/b19-13+. The number of aromatic nitrogens is 2. The highest BCUT2D eigenvalue weighted by atomic mass is 35.5. The number of carboxylic acid groups (broad SMARTS) is 1. The van der Waals surface area contributed by atoms with Gasteiger partial charge in [0.15, 0.2) is 5.82 Å². The van der Waals surface area contributed by atoms with Gasteiger partial charge < -0.3 is 14.8 Å². The summed E-state index contributed by atoms with van der Waals surface area (Å²) in [6, 6.07) is 11.6. The fourth-order valence-electron chi connectivity index (χ4n) is 2.98. The fourth-order valence-corrected chi connectivity index (χ4v) is 3.19. The van der Waals surface area contributed by atoms with Gasteiger partial charge in [-0.3, -0.25) is 4.79 Å². The normalized spacial score (nSPS) is 11.6. The molecule has 0 bridgehead atoms. The summed E-state index contributed by atoms with van der Waals surface area (Å²) in [5.74, 6) is -0.124. The Hall–Kier alpha value is -3.12. The number of hydrogen-bond donors (Lipinski definition) is 2. The SMILES string of the molecule is CCCCCCOc1ccc(/C=C(/Cl)c2nc3cc(C(=O)O)ccc3c(=O)[nH]2)cc1. The fraction of sp³-hybridized carbons (Fsp3) is 0.261. The van der Waals surface area contributed by atoms with Crippen LogP contribution in [0, 0.1) is 0 Å². The summed E-state index contributed by atoms with van der Waals surface area (Å²) in [5, 5.41) is 9.68. The molecule has 0 saturated carbocycles. The number of halogens is 1. The Morgan fingerprint density at radius 3 is 2.63 bits per heavy atom. The maximum absolute atomic E-state index is 12.3. The summed E-state index contributed by atoms with van der Waals surface area (Å²) in [5.41, 5.74) is 0.759. The summed E-state index contributed by atoms with van der Waals surface area (Å²) in [6.45, 7) is 2.87. The van der Waals surface area contributed by atoms with Crippen LogP contribution >= 0.6 is 11.6 Å². The number of benzene rings is 2. The Morgan fingerprint density at radius 1 is 1.17 bits per heavy atom. The van der Waals surface area contributed by atoms with Gasteiger partial charge in [0.2, 0.25) is 0 Å². The number of rotatable bonds is 9. The van der Waals surface area contributed by atoms with Gasteiger partial charge in [-0.1, -0.05) is 49.9 Å². The summed E-state index contributed by atoms with van der Waals surface area (Å²) in [4.78, 5) is 30.4. The second-order valence-electron chi connectivity index (χ2n) is 6.92. The van der Waals surface area contributed by atoms with Crippen molar-refractivity contribution in [2.45, 2.75) is 32.6 Å². The molecule has 2 aromatic carbocycles. The van der Waals surface area contributed by atoms with E-state index < -0.39 is 5.97 Å². The van der Waals surface area contributed by atoms with E-state index in [1.54, 1.807) is 6.08 Å². The third kappa shape index (κ3) is 5.48. The number of H-pyrrole nitrogens is 1. The monoisotopic (exact) mass is 426 g/mol. The lowest BCUT2D eigenvalue weighted by atomic mass is 10.1. The summed E-state index contributed by atoms with van der Waals surface area (Å²) >= 11 is 6.37. The molecule has 2 N–H and O–H groups in total. The smallest absolute Gasteiger partial charge is 0.335 e. The first-order chi connectivity index (χ1) is 14.5. The highest BCUT2D eigenvalue weighted by molar-refractivity contribution is 6.50. The quantitative estimate of drug-likeness (QED) is 0.452. The maximum atomic E-state index is 12.3. The number of nitrogens with zero attached hydrogens (tertiary/aromatic N) is 1. The molecular formula is C23H23ClN2O4. The number of hydrogen-bond acceptors (Lipinski definition) is 4. The zero-order valence-electron chi connectivity index (χ0n) is 16.7. The molecule has 3 rings (SSSR count). The molecular weight excluding hydrogens is 404 g/mol. The topological polar surface area (TPSA) is 92.3 Å². The van der Waals surface area contributed by atoms with Crippen molar-refractivity contribution in [3.8, 4) is 5.75 Å². The van der Waals surface area contributed by atoms with E-state index in [4.69, 9.17) is 21.4 Å². The molecule has 1 heterocycles. The van der Waals surface area contributed by atoms with Crippen LogP contribution < -0.4 is 10.3 Å². The van der Waals surface area contributed by atoms with Crippen molar-refractivity contribution < 1.29 is 14.6 Å². The Kier molecular flexibility index (Phi) is 7.25. The minimum Gasteiger partial charge on any atom is -0.494 e. The van der Waals surface area contributed by atoms with Gasteiger partial charge in [-0.05, 0) is 48.4 Å². The van der Waals surface area contributed by atoms with E-state index in [9.17, 15) is 9.59 Å². The average molecular weight is 427 g/mol. The predicted octanol–water partition coefficient (Wildman–Crippen LogP) is 5.32. The van der Waals surface area contributed by atoms with Gasteiger partial charge in [0.1, 0.15) is 5.75 Å². The number of aromatic carboxylic acids is 1. The van der Waals surface area contributed by atoms with Crippen molar-refractivity contribution in [3.05, 3.63) is 69.8 Å².